The summed E-state index contributed by atoms with van der Waals surface area (Å²) in [5.41, 5.74) is 2.51. The molecule has 5 heteroatoms. The Morgan fingerprint density at radius 3 is 2.93 bits per heavy atom. The molecule has 1 saturated heterocycles. The van der Waals surface area contributed by atoms with Gasteiger partial charge in [0.15, 0.2) is 23.4 Å². The number of benzene rings is 1. The molecule has 6 rings (SSSR count). The van der Waals surface area contributed by atoms with Crippen LogP contribution in [0.2, 0.25) is 0 Å². The number of nitrogens with zero attached hydrogens (tertiary/aromatic N) is 1. The van der Waals surface area contributed by atoms with Crippen molar-refractivity contribution in [1.29, 1.82) is 0 Å². The van der Waals surface area contributed by atoms with Crippen LogP contribution in [0.5, 0.6) is 11.5 Å². The van der Waals surface area contributed by atoms with Crippen LogP contribution in [-0.2, 0) is 16.6 Å². The Labute approximate surface area is 175 Å². The predicted octanol–water partition coefficient (Wildman–Crippen LogP) is 4.11. The Balaban J connectivity index is 1.52. The first kappa shape index (κ1) is 17.8. The summed E-state index contributed by atoms with van der Waals surface area (Å²) < 4.78 is 13.3. The minimum absolute atomic E-state index is 0.0829. The smallest absolute Gasteiger partial charge is 0.177 e. The molecular weight excluding hydrogens is 418 g/mol. The van der Waals surface area contributed by atoms with E-state index in [2.05, 4.69) is 27.8 Å². The molecule has 150 valence electrons. The second-order valence-corrected chi connectivity index (χ2v) is 10.6. The lowest BCUT2D eigenvalue weighted by molar-refractivity contribution is -0.145. The highest BCUT2D eigenvalue weighted by atomic mass is 79.9. The Morgan fingerprint density at radius 1 is 1.39 bits per heavy atom. The number of ketones is 1. The van der Waals surface area contributed by atoms with E-state index in [1.807, 2.05) is 6.07 Å². The van der Waals surface area contributed by atoms with E-state index in [-0.39, 0.29) is 17.4 Å². The van der Waals surface area contributed by atoms with Crippen LogP contribution >= 0.6 is 15.9 Å². The lowest BCUT2D eigenvalue weighted by Gasteiger charge is -2.59. The molecular formula is C23H28BrNO3. The van der Waals surface area contributed by atoms with Crippen LogP contribution in [0.1, 0.15) is 50.2 Å². The summed E-state index contributed by atoms with van der Waals surface area (Å²) in [5.74, 6) is 3.38. The Hall–Kier alpha value is -1.07. The summed E-state index contributed by atoms with van der Waals surface area (Å²) in [6.45, 7) is 4.43. The fourth-order valence-corrected chi connectivity index (χ4v) is 7.59. The molecule has 5 atom stereocenters. The molecule has 3 aliphatic carbocycles. The molecule has 2 saturated carbocycles. The van der Waals surface area contributed by atoms with E-state index in [0.29, 0.717) is 17.7 Å². The van der Waals surface area contributed by atoms with Crippen LogP contribution in [0.15, 0.2) is 10.5 Å². The number of methoxy groups -OCH3 is 1. The Kier molecular flexibility index (Phi) is 3.79. The molecule has 2 aliphatic heterocycles. The van der Waals surface area contributed by atoms with Gasteiger partial charge in [-0.3, -0.25) is 9.69 Å². The molecule has 4 nitrogen and oxygen atoms in total. The standard InChI is InChI=1S/C23H28BrNO3/c1-12-8-15-17-9-14-16(24)10-18(27-2)21-19(14)23(15,22(28-21)20(12)26)6-7-25(17)11-13-4-3-5-13/h10,12-13,15,17,22H,3-9,11H2,1-2H3/t12?,15-,17+,22?,23-/m0/s1. The fraction of sp³-hybridized carbons (Fsp3) is 0.696. The average molecular weight is 446 g/mol. The molecule has 0 aromatic heterocycles. The van der Waals surface area contributed by atoms with Crippen LogP contribution < -0.4 is 9.47 Å². The molecule has 0 N–H and O–H groups in total. The summed E-state index contributed by atoms with van der Waals surface area (Å²) in [6.07, 6.45) is 6.94. The monoisotopic (exact) mass is 445 g/mol. The Morgan fingerprint density at radius 2 is 2.21 bits per heavy atom. The number of carbonyl (C=O) groups is 1. The summed E-state index contributed by atoms with van der Waals surface area (Å²) in [4.78, 5) is 16.0. The van der Waals surface area contributed by atoms with Crippen molar-refractivity contribution in [2.45, 2.75) is 63.0 Å². The van der Waals surface area contributed by atoms with Gasteiger partial charge in [-0.15, -0.1) is 0 Å². The highest BCUT2D eigenvalue weighted by Crippen LogP contribution is 2.65. The summed E-state index contributed by atoms with van der Waals surface area (Å²) in [5, 5.41) is 0. The predicted molar refractivity (Wildman–Crippen MR) is 110 cm³/mol. The molecule has 2 heterocycles. The maximum absolute atomic E-state index is 13.3. The van der Waals surface area contributed by atoms with Crippen molar-refractivity contribution in [2.24, 2.45) is 17.8 Å². The van der Waals surface area contributed by atoms with Crippen molar-refractivity contribution in [1.82, 2.24) is 4.90 Å². The molecule has 0 amide bonds. The highest BCUT2D eigenvalue weighted by molar-refractivity contribution is 9.10. The fourth-order valence-electron chi connectivity index (χ4n) is 7.02. The maximum atomic E-state index is 13.3. The number of likely N-dealkylation sites (tertiary alicyclic amines) is 1. The van der Waals surface area contributed by atoms with Gasteiger partial charge in [0, 0.05) is 34.0 Å². The first-order chi connectivity index (χ1) is 13.5. The molecule has 5 aliphatic rings. The van der Waals surface area contributed by atoms with E-state index in [1.165, 1.54) is 36.9 Å². The number of hydrogen-bond donors (Lipinski definition) is 0. The van der Waals surface area contributed by atoms with Gasteiger partial charge in [-0.25, -0.2) is 0 Å². The number of ether oxygens (including phenoxy) is 2. The largest absolute Gasteiger partial charge is 0.493 e. The quantitative estimate of drug-likeness (QED) is 0.701. The number of hydrogen-bond acceptors (Lipinski definition) is 4. The van der Waals surface area contributed by atoms with E-state index in [4.69, 9.17) is 9.47 Å². The van der Waals surface area contributed by atoms with Crippen LogP contribution in [-0.4, -0.2) is 43.0 Å². The lowest BCUT2D eigenvalue weighted by atomic mass is 9.50. The molecule has 1 aromatic carbocycles. The zero-order chi connectivity index (χ0) is 19.2. The van der Waals surface area contributed by atoms with Crippen molar-refractivity contribution >= 4 is 21.7 Å². The molecule has 2 bridgehead atoms. The topological polar surface area (TPSA) is 38.8 Å². The van der Waals surface area contributed by atoms with Gasteiger partial charge >= 0.3 is 0 Å². The summed E-state index contributed by atoms with van der Waals surface area (Å²) in [7, 11) is 1.70. The lowest BCUT2D eigenvalue weighted by Crippen LogP contribution is -2.67. The number of piperidine rings is 1. The van der Waals surface area contributed by atoms with Gasteiger partial charge in [0.05, 0.1) is 7.11 Å². The van der Waals surface area contributed by atoms with Crippen molar-refractivity contribution in [3.63, 3.8) is 0 Å². The van der Waals surface area contributed by atoms with Gasteiger partial charge in [-0.1, -0.05) is 29.3 Å². The van der Waals surface area contributed by atoms with E-state index in [1.54, 1.807) is 7.11 Å². The number of carbonyl (C=O) groups excluding carboxylic acids is 1. The SMILES string of the molecule is COc1cc(Br)c2c3c1OC1C(=O)C(C)C[C@H]4[C@@H](C2)N(CC2CCC2)CC[C@]314. The molecule has 1 aromatic rings. The number of Topliss-reactive ketones (excluding diaryl/α,β-unsaturated/α-hetero) is 1. The number of rotatable bonds is 3. The van der Waals surface area contributed by atoms with Crippen LogP contribution in [0, 0.1) is 17.8 Å². The molecule has 1 spiro atoms. The molecule has 2 unspecified atom stereocenters. The van der Waals surface area contributed by atoms with Gasteiger partial charge in [0.2, 0.25) is 0 Å². The third-order valence-corrected chi connectivity index (χ3v) is 9.29. The van der Waals surface area contributed by atoms with Crippen molar-refractivity contribution in [2.75, 3.05) is 20.2 Å². The van der Waals surface area contributed by atoms with Crippen molar-refractivity contribution in [3.05, 3.63) is 21.7 Å². The van der Waals surface area contributed by atoms with E-state index in [9.17, 15) is 4.79 Å². The van der Waals surface area contributed by atoms with E-state index < -0.39 is 0 Å². The molecule has 28 heavy (non-hydrogen) atoms. The highest BCUT2D eigenvalue weighted by Gasteiger charge is 2.67. The normalized spacial score (nSPS) is 38.6. The van der Waals surface area contributed by atoms with Crippen LogP contribution in [0.25, 0.3) is 0 Å². The maximum Gasteiger partial charge on any atom is 0.177 e. The molecule has 3 fully saturated rings. The number of halogens is 1. The molecule has 0 radical (unpaired) electrons. The van der Waals surface area contributed by atoms with E-state index >= 15 is 0 Å². The third-order valence-electron chi connectivity index (χ3n) is 8.58. The second kappa shape index (κ2) is 5.98. The van der Waals surface area contributed by atoms with Crippen molar-refractivity contribution in [3.8, 4) is 11.5 Å². The minimum Gasteiger partial charge on any atom is -0.493 e. The minimum atomic E-state index is -0.327. The average Bonchev–Trinajstić information content (AvgIpc) is 2.98. The second-order valence-electron chi connectivity index (χ2n) is 9.74. The van der Waals surface area contributed by atoms with Gasteiger partial charge < -0.3 is 9.47 Å². The first-order valence-corrected chi connectivity index (χ1v) is 11.7. The van der Waals surface area contributed by atoms with E-state index in [0.717, 1.165) is 47.7 Å². The first-order valence-electron chi connectivity index (χ1n) is 10.9. The third kappa shape index (κ3) is 2.08. The summed E-state index contributed by atoms with van der Waals surface area (Å²) >= 11 is 3.83. The van der Waals surface area contributed by atoms with Gasteiger partial charge in [-0.2, -0.15) is 0 Å². The zero-order valence-electron chi connectivity index (χ0n) is 16.7. The van der Waals surface area contributed by atoms with Gasteiger partial charge in [0.25, 0.3) is 0 Å². The Bertz CT molecular complexity index is 866. The summed E-state index contributed by atoms with van der Waals surface area (Å²) in [6, 6.07) is 2.57. The van der Waals surface area contributed by atoms with Gasteiger partial charge in [0.1, 0.15) is 0 Å². The van der Waals surface area contributed by atoms with Crippen LogP contribution in [0.3, 0.4) is 0 Å². The van der Waals surface area contributed by atoms with Gasteiger partial charge in [-0.05, 0) is 62.1 Å². The zero-order valence-corrected chi connectivity index (χ0v) is 18.3. The van der Waals surface area contributed by atoms with Crippen LogP contribution in [0.4, 0.5) is 0 Å². The van der Waals surface area contributed by atoms with Crippen molar-refractivity contribution < 1.29 is 14.3 Å².